The van der Waals surface area contributed by atoms with Crippen molar-refractivity contribution in [2.45, 2.75) is 25.2 Å². The summed E-state index contributed by atoms with van der Waals surface area (Å²) in [4.78, 5) is 11.7. The Morgan fingerprint density at radius 2 is 1.64 bits per heavy atom. The number of amides is 1. The zero-order valence-electron chi connectivity index (χ0n) is 12.5. The number of carbonyl (C=O) groups is 1. The Balaban J connectivity index is 2.31. The van der Waals surface area contributed by atoms with Gasteiger partial charge in [-0.15, -0.1) is 0 Å². The second-order valence-electron chi connectivity index (χ2n) is 4.80. The van der Waals surface area contributed by atoms with Gasteiger partial charge in [-0.05, 0) is 36.8 Å². The molecule has 0 aromatic heterocycles. The average molecular weight is 318 g/mol. The Hall–Kier alpha value is -2.34. The lowest BCUT2D eigenvalue weighted by Gasteiger charge is -2.14. The van der Waals surface area contributed by atoms with Gasteiger partial charge in [0.1, 0.15) is 0 Å². The van der Waals surface area contributed by atoms with E-state index in [-0.39, 0.29) is 10.8 Å². The number of benzene rings is 2. The number of rotatable bonds is 5. The van der Waals surface area contributed by atoms with Crippen molar-refractivity contribution in [2.75, 3.05) is 10.0 Å². The summed E-state index contributed by atoms with van der Waals surface area (Å²) in [6.45, 7) is 3.51. The van der Waals surface area contributed by atoms with E-state index in [0.717, 1.165) is 0 Å². The maximum atomic E-state index is 12.3. The van der Waals surface area contributed by atoms with Gasteiger partial charge in [-0.1, -0.05) is 31.2 Å². The lowest BCUT2D eigenvalue weighted by Crippen LogP contribution is -2.15. The normalized spacial score (nSPS) is 11.0. The molecule has 0 aliphatic heterocycles. The highest BCUT2D eigenvalue weighted by Gasteiger charge is 2.16. The van der Waals surface area contributed by atoms with Gasteiger partial charge in [0, 0.05) is 12.1 Å². The Labute approximate surface area is 130 Å². The molecule has 116 valence electrons. The first-order valence-corrected chi connectivity index (χ1v) is 8.39. The molecule has 2 aromatic rings. The number of carbonyl (C=O) groups excluding carboxylic acids is 1. The minimum Gasteiger partial charge on any atom is -0.326 e. The summed E-state index contributed by atoms with van der Waals surface area (Å²) in [6, 6.07) is 13.2. The van der Waals surface area contributed by atoms with Crippen molar-refractivity contribution in [1.82, 2.24) is 0 Å². The second-order valence-corrected chi connectivity index (χ2v) is 6.48. The van der Waals surface area contributed by atoms with Gasteiger partial charge in [0.25, 0.3) is 10.0 Å². The van der Waals surface area contributed by atoms with Crippen molar-refractivity contribution in [3.8, 4) is 0 Å². The summed E-state index contributed by atoms with van der Waals surface area (Å²) < 4.78 is 27.2. The van der Waals surface area contributed by atoms with Crippen molar-refractivity contribution < 1.29 is 13.2 Å². The minimum absolute atomic E-state index is 0.119. The average Bonchev–Trinajstić information content (AvgIpc) is 2.52. The van der Waals surface area contributed by atoms with Crippen LogP contribution in [0.3, 0.4) is 0 Å². The maximum Gasteiger partial charge on any atom is 0.261 e. The summed E-state index contributed by atoms with van der Waals surface area (Å²) >= 11 is 0. The molecular formula is C16H18N2O3S. The molecule has 5 nitrogen and oxygen atoms in total. The third kappa shape index (κ3) is 3.65. The molecule has 0 spiro atoms. The van der Waals surface area contributed by atoms with Crippen molar-refractivity contribution in [2.24, 2.45) is 0 Å². The van der Waals surface area contributed by atoms with Gasteiger partial charge in [0.2, 0.25) is 5.91 Å². The fourth-order valence-corrected chi connectivity index (χ4v) is 3.07. The number of hydrogen-bond donors (Lipinski definition) is 2. The summed E-state index contributed by atoms with van der Waals surface area (Å²) in [5, 5.41) is 2.75. The lowest BCUT2D eigenvalue weighted by atomic mass is 10.1. The molecule has 22 heavy (non-hydrogen) atoms. The fraction of sp³-hybridized carbons (Fsp3) is 0.188. The molecule has 6 heteroatoms. The van der Waals surface area contributed by atoms with Crippen molar-refractivity contribution in [1.29, 1.82) is 0 Å². The third-order valence-corrected chi connectivity index (χ3v) is 4.61. The minimum atomic E-state index is -3.65. The topological polar surface area (TPSA) is 75.3 Å². The Morgan fingerprint density at radius 3 is 2.27 bits per heavy atom. The van der Waals surface area contributed by atoms with Gasteiger partial charge in [0.15, 0.2) is 0 Å². The molecule has 0 heterocycles. The van der Waals surface area contributed by atoms with E-state index in [2.05, 4.69) is 10.0 Å². The van der Waals surface area contributed by atoms with Crippen LogP contribution in [-0.2, 0) is 14.8 Å². The molecule has 0 fully saturated rings. The number of hydrogen-bond acceptors (Lipinski definition) is 3. The van der Waals surface area contributed by atoms with E-state index in [0.29, 0.717) is 23.4 Å². The highest BCUT2D eigenvalue weighted by molar-refractivity contribution is 7.92. The molecule has 0 radical (unpaired) electrons. The van der Waals surface area contributed by atoms with E-state index in [1.165, 1.54) is 12.1 Å². The molecule has 0 saturated heterocycles. The van der Waals surface area contributed by atoms with Gasteiger partial charge >= 0.3 is 0 Å². The van der Waals surface area contributed by atoms with E-state index in [9.17, 15) is 13.2 Å². The molecule has 2 rings (SSSR count). The van der Waals surface area contributed by atoms with Crippen LogP contribution in [0.1, 0.15) is 18.9 Å². The van der Waals surface area contributed by atoms with Crippen LogP contribution >= 0.6 is 0 Å². The number of anilines is 2. The molecule has 0 unspecified atom stereocenters. The van der Waals surface area contributed by atoms with Crippen LogP contribution in [-0.4, -0.2) is 14.3 Å². The van der Waals surface area contributed by atoms with Crippen molar-refractivity contribution in [3.05, 3.63) is 54.1 Å². The molecular weight excluding hydrogens is 300 g/mol. The fourth-order valence-electron chi connectivity index (χ4n) is 1.92. The zero-order chi connectivity index (χ0) is 16.2. The predicted octanol–water partition coefficient (Wildman–Crippen LogP) is 3.14. The second kappa shape index (κ2) is 6.62. The largest absolute Gasteiger partial charge is 0.326 e. The Bertz CT molecular complexity index is 771. The molecule has 0 aliphatic rings. The molecule has 1 amide bonds. The van der Waals surface area contributed by atoms with Crippen LogP contribution in [0.15, 0.2) is 53.4 Å². The van der Waals surface area contributed by atoms with Crippen LogP contribution in [0, 0.1) is 6.92 Å². The quantitative estimate of drug-likeness (QED) is 0.889. The highest BCUT2D eigenvalue weighted by Crippen LogP contribution is 2.25. The summed E-state index contributed by atoms with van der Waals surface area (Å²) in [6.07, 6.45) is 0.361. The predicted molar refractivity (Wildman–Crippen MR) is 87.4 cm³/mol. The van der Waals surface area contributed by atoms with E-state index in [1.807, 2.05) is 0 Å². The molecule has 0 bridgehead atoms. The van der Waals surface area contributed by atoms with E-state index in [4.69, 9.17) is 0 Å². The maximum absolute atomic E-state index is 12.3. The van der Waals surface area contributed by atoms with Crippen LogP contribution in [0.5, 0.6) is 0 Å². The van der Waals surface area contributed by atoms with E-state index in [1.54, 1.807) is 50.2 Å². The van der Waals surface area contributed by atoms with Crippen LogP contribution in [0.4, 0.5) is 11.4 Å². The first kappa shape index (κ1) is 16.0. The van der Waals surface area contributed by atoms with Crippen molar-refractivity contribution >= 4 is 27.3 Å². The van der Waals surface area contributed by atoms with Gasteiger partial charge in [-0.2, -0.15) is 0 Å². The third-order valence-electron chi connectivity index (χ3n) is 3.23. The van der Waals surface area contributed by atoms with E-state index >= 15 is 0 Å². The molecule has 0 saturated carbocycles. The molecule has 2 aromatic carbocycles. The highest BCUT2D eigenvalue weighted by atomic mass is 32.2. The SMILES string of the molecule is CCC(=O)Nc1cccc(NS(=O)(=O)c2ccccc2)c1C. The lowest BCUT2D eigenvalue weighted by molar-refractivity contribution is -0.115. The summed E-state index contributed by atoms with van der Waals surface area (Å²) in [7, 11) is -3.65. The summed E-state index contributed by atoms with van der Waals surface area (Å²) in [5.41, 5.74) is 1.71. The zero-order valence-corrected chi connectivity index (χ0v) is 13.3. The standard InChI is InChI=1S/C16H18N2O3S/c1-3-16(19)17-14-10-7-11-15(12(14)2)18-22(20,21)13-8-5-4-6-9-13/h4-11,18H,3H2,1-2H3,(H,17,19). The number of nitrogens with one attached hydrogen (secondary N) is 2. The van der Waals surface area contributed by atoms with E-state index < -0.39 is 10.0 Å². The van der Waals surface area contributed by atoms with Crippen molar-refractivity contribution in [3.63, 3.8) is 0 Å². The van der Waals surface area contributed by atoms with Gasteiger partial charge in [-0.25, -0.2) is 8.42 Å². The van der Waals surface area contributed by atoms with Crippen LogP contribution in [0.25, 0.3) is 0 Å². The van der Waals surface area contributed by atoms with Crippen LogP contribution < -0.4 is 10.0 Å². The van der Waals surface area contributed by atoms with Gasteiger partial charge in [0.05, 0.1) is 10.6 Å². The smallest absolute Gasteiger partial charge is 0.261 e. The Kier molecular flexibility index (Phi) is 4.82. The van der Waals surface area contributed by atoms with Crippen LogP contribution in [0.2, 0.25) is 0 Å². The monoisotopic (exact) mass is 318 g/mol. The number of sulfonamides is 1. The summed E-state index contributed by atoms with van der Waals surface area (Å²) in [5.74, 6) is -0.119. The Morgan fingerprint density at radius 1 is 1.00 bits per heavy atom. The first-order valence-electron chi connectivity index (χ1n) is 6.91. The van der Waals surface area contributed by atoms with Gasteiger partial charge < -0.3 is 5.32 Å². The first-order chi connectivity index (χ1) is 10.4. The molecule has 0 atom stereocenters. The molecule has 0 aliphatic carbocycles. The van der Waals surface area contributed by atoms with Gasteiger partial charge in [-0.3, -0.25) is 9.52 Å². The molecule has 2 N–H and O–H groups in total.